The number of ether oxygens (including phenoxy) is 1. The van der Waals surface area contributed by atoms with Crippen LogP contribution < -0.4 is 10.5 Å². The van der Waals surface area contributed by atoms with Gasteiger partial charge in [0.15, 0.2) is 0 Å². The predicted molar refractivity (Wildman–Crippen MR) is 80.0 cm³/mol. The molecule has 0 bridgehead atoms. The molecule has 0 saturated heterocycles. The van der Waals surface area contributed by atoms with Crippen molar-refractivity contribution in [1.82, 2.24) is 4.98 Å². The highest BCUT2D eigenvalue weighted by molar-refractivity contribution is 9.10. The second-order valence-electron chi connectivity index (χ2n) is 4.33. The molecule has 0 radical (unpaired) electrons. The zero-order valence-electron chi connectivity index (χ0n) is 10.8. The summed E-state index contributed by atoms with van der Waals surface area (Å²) in [6.07, 6.45) is 4.19. The summed E-state index contributed by atoms with van der Waals surface area (Å²) in [5, 5.41) is 0. The molecule has 19 heavy (non-hydrogen) atoms. The lowest BCUT2D eigenvalue weighted by atomic mass is 10.0. The topological polar surface area (TPSA) is 48.1 Å². The summed E-state index contributed by atoms with van der Waals surface area (Å²) in [7, 11) is 0. The van der Waals surface area contributed by atoms with Crippen molar-refractivity contribution in [3.63, 3.8) is 0 Å². The van der Waals surface area contributed by atoms with E-state index in [9.17, 15) is 0 Å². The Morgan fingerprint density at radius 3 is 2.68 bits per heavy atom. The molecule has 0 aliphatic rings. The standard InChI is InChI=1S/C15H17BrN2O/c1-2-13(17)15(11-6-5-9-18-10-11)19-14-8-4-3-7-12(14)16/h3-10,13,15H,2,17H2,1H3. The summed E-state index contributed by atoms with van der Waals surface area (Å²) >= 11 is 3.49. The average Bonchev–Trinajstić information content (AvgIpc) is 2.46. The lowest BCUT2D eigenvalue weighted by Crippen LogP contribution is -2.31. The van der Waals surface area contributed by atoms with Gasteiger partial charge in [0.05, 0.1) is 4.47 Å². The highest BCUT2D eigenvalue weighted by Gasteiger charge is 2.21. The van der Waals surface area contributed by atoms with Crippen molar-refractivity contribution in [2.24, 2.45) is 5.73 Å². The lowest BCUT2D eigenvalue weighted by Gasteiger charge is -2.25. The smallest absolute Gasteiger partial charge is 0.140 e. The maximum absolute atomic E-state index is 6.18. The summed E-state index contributed by atoms with van der Waals surface area (Å²) in [5.74, 6) is 0.792. The third-order valence-corrected chi connectivity index (χ3v) is 3.62. The number of rotatable bonds is 5. The first-order valence-corrected chi connectivity index (χ1v) is 7.08. The molecular weight excluding hydrogens is 304 g/mol. The van der Waals surface area contributed by atoms with Crippen LogP contribution in [0.25, 0.3) is 0 Å². The second kappa shape index (κ2) is 6.68. The molecule has 0 saturated carbocycles. The Kier molecular flexibility index (Phi) is 4.93. The van der Waals surface area contributed by atoms with Crippen molar-refractivity contribution in [2.75, 3.05) is 0 Å². The quantitative estimate of drug-likeness (QED) is 0.913. The molecule has 0 spiro atoms. The number of hydrogen-bond donors (Lipinski definition) is 1. The van der Waals surface area contributed by atoms with Gasteiger partial charge in [-0.15, -0.1) is 0 Å². The van der Waals surface area contributed by atoms with Crippen molar-refractivity contribution < 1.29 is 4.74 Å². The molecule has 4 heteroatoms. The fourth-order valence-corrected chi connectivity index (χ4v) is 2.22. The molecule has 2 N–H and O–H groups in total. The summed E-state index contributed by atoms with van der Waals surface area (Å²) < 4.78 is 7.00. The van der Waals surface area contributed by atoms with Crippen molar-refractivity contribution in [3.8, 4) is 5.75 Å². The molecule has 100 valence electrons. The molecule has 1 aromatic carbocycles. The van der Waals surface area contributed by atoms with Gasteiger partial charge in [-0.05, 0) is 40.5 Å². The molecule has 2 unspecified atom stereocenters. The predicted octanol–water partition coefficient (Wildman–Crippen LogP) is 3.70. The number of pyridine rings is 1. The molecule has 0 aliphatic carbocycles. The van der Waals surface area contributed by atoms with Crippen LogP contribution in [0, 0.1) is 0 Å². The van der Waals surface area contributed by atoms with E-state index in [1.165, 1.54) is 0 Å². The third-order valence-electron chi connectivity index (χ3n) is 2.96. The molecule has 1 aromatic heterocycles. The number of nitrogens with zero attached hydrogens (tertiary/aromatic N) is 1. The molecule has 3 nitrogen and oxygen atoms in total. The van der Waals surface area contributed by atoms with E-state index in [0.717, 1.165) is 22.2 Å². The minimum absolute atomic E-state index is 0.0729. The second-order valence-corrected chi connectivity index (χ2v) is 5.18. The van der Waals surface area contributed by atoms with Crippen molar-refractivity contribution in [1.29, 1.82) is 0 Å². The summed E-state index contributed by atoms with van der Waals surface area (Å²) in [6.45, 7) is 2.05. The minimum atomic E-state index is -0.197. The summed E-state index contributed by atoms with van der Waals surface area (Å²) in [4.78, 5) is 4.14. The Balaban J connectivity index is 2.27. The van der Waals surface area contributed by atoms with E-state index in [1.807, 2.05) is 36.4 Å². The van der Waals surface area contributed by atoms with Gasteiger partial charge in [-0.25, -0.2) is 0 Å². The Labute approximate surface area is 121 Å². The molecule has 1 heterocycles. The van der Waals surface area contributed by atoms with Crippen LogP contribution in [0.15, 0.2) is 53.3 Å². The number of nitrogens with two attached hydrogens (primary N) is 1. The van der Waals surface area contributed by atoms with E-state index in [1.54, 1.807) is 12.4 Å². The zero-order chi connectivity index (χ0) is 13.7. The molecule has 2 rings (SSSR count). The van der Waals surface area contributed by atoms with Gasteiger partial charge in [-0.2, -0.15) is 0 Å². The van der Waals surface area contributed by atoms with Gasteiger partial charge >= 0.3 is 0 Å². The Morgan fingerprint density at radius 2 is 2.05 bits per heavy atom. The average molecular weight is 321 g/mol. The molecule has 0 fully saturated rings. The first-order chi connectivity index (χ1) is 9.22. The Hall–Kier alpha value is -1.39. The largest absolute Gasteiger partial charge is 0.483 e. The van der Waals surface area contributed by atoms with Gasteiger partial charge in [0, 0.05) is 24.0 Å². The first-order valence-electron chi connectivity index (χ1n) is 6.29. The van der Waals surface area contributed by atoms with Crippen LogP contribution in [0.4, 0.5) is 0 Å². The highest BCUT2D eigenvalue weighted by atomic mass is 79.9. The van der Waals surface area contributed by atoms with Crippen LogP contribution in [0.1, 0.15) is 25.0 Å². The molecule has 0 amide bonds. The number of para-hydroxylation sites is 1. The number of hydrogen-bond acceptors (Lipinski definition) is 3. The van der Waals surface area contributed by atoms with Crippen LogP contribution in [0.3, 0.4) is 0 Å². The maximum Gasteiger partial charge on any atom is 0.140 e. The van der Waals surface area contributed by atoms with Crippen LogP contribution in [-0.4, -0.2) is 11.0 Å². The van der Waals surface area contributed by atoms with Gasteiger partial charge in [-0.1, -0.05) is 25.1 Å². The number of aromatic nitrogens is 1. The van der Waals surface area contributed by atoms with E-state index >= 15 is 0 Å². The van der Waals surface area contributed by atoms with E-state index in [2.05, 4.69) is 27.8 Å². The maximum atomic E-state index is 6.18. The van der Waals surface area contributed by atoms with Crippen LogP contribution >= 0.6 is 15.9 Å². The van der Waals surface area contributed by atoms with Crippen molar-refractivity contribution in [2.45, 2.75) is 25.5 Å². The molecule has 2 atom stereocenters. The van der Waals surface area contributed by atoms with E-state index < -0.39 is 0 Å². The third kappa shape index (κ3) is 3.55. The van der Waals surface area contributed by atoms with E-state index in [4.69, 9.17) is 10.5 Å². The van der Waals surface area contributed by atoms with Gasteiger partial charge in [-0.3, -0.25) is 4.98 Å². The van der Waals surface area contributed by atoms with Gasteiger partial charge < -0.3 is 10.5 Å². The van der Waals surface area contributed by atoms with Gasteiger partial charge in [0.2, 0.25) is 0 Å². The van der Waals surface area contributed by atoms with Crippen LogP contribution in [-0.2, 0) is 0 Å². The van der Waals surface area contributed by atoms with Crippen LogP contribution in [0.5, 0.6) is 5.75 Å². The van der Waals surface area contributed by atoms with E-state index in [0.29, 0.717) is 0 Å². The van der Waals surface area contributed by atoms with Gasteiger partial charge in [0.25, 0.3) is 0 Å². The summed E-state index contributed by atoms with van der Waals surface area (Å²) in [5.41, 5.74) is 7.17. The fourth-order valence-electron chi connectivity index (χ4n) is 1.84. The summed E-state index contributed by atoms with van der Waals surface area (Å²) in [6, 6.07) is 11.6. The number of halogens is 1. The normalized spacial score (nSPS) is 13.8. The molecular formula is C15H17BrN2O. The lowest BCUT2D eigenvalue weighted by molar-refractivity contribution is 0.169. The number of benzene rings is 1. The monoisotopic (exact) mass is 320 g/mol. The fraction of sp³-hybridized carbons (Fsp3) is 0.267. The zero-order valence-corrected chi connectivity index (χ0v) is 12.4. The Morgan fingerprint density at radius 1 is 1.26 bits per heavy atom. The minimum Gasteiger partial charge on any atom is -0.483 e. The van der Waals surface area contributed by atoms with E-state index in [-0.39, 0.29) is 12.1 Å². The van der Waals surface area contributed by atoms with Crippen molar-refractivity contribution in [3.05, 3.63) is 58.8 Å². The van der Waals surface area contributed by atoms with Crippen molar-refractivity contribution >= 4 is 15.9 Å². The SMILES string of the molecule is CCC(N)C(Oc1ccccc1Br)c1cccnc1. The Bertz CT molecular complexity index is 519. The molecule has 2 aromatic rings. The molecule has 0 aliphatic heterocycles. The van der Waals surface area contributed by atoms with Crippen LogP contribution in [0.2, 0.25) is 0 Å². The highest BCUT2D eigenvalue weighted by Crippen LogP contribution is 2.30. The van der Waals surface area contributed by atoms with Gasteiger partial charge in [0.1, 0.15) is 11.9 Å². The first kappa shape index (κ1) is 14.0.